The van der Waals surface area contributed by atoms with Crippen molar-refractivity contribution in [2.75, 3.05) is 55.7 Å². The number of piperidine rings is 1. The van der Waals surface area contributed by atoms with Crippen LogP contribution in [0.1, 0.15) is 31.2 Å². The van der Waals surface area contributed by atoms with Crippen molar-refractivity contribution >= 4 is 38.9 Å². The summed E-state index contributed by atoms with van der Waals surface area (Å²) in [7, 11) is -3.48. The molecule has 10 nitrogen and oxygen atoms in total. The molecule has 2 fully saturated rings. The topological polar surface area (TPSA) is 129 Å². The van der Waals surface area contributed by atoms with Gasteiger partial charge in [-0.15, -0.1) is 0 Å². The van der Waals surface area contributed by atoms with E-state index in [9.17, 15) is 18.0 Å². The highest BCUT2D eigenvalue weighted by Gasteiger charge is 2.38. The van der Waals surface area contributed by atoms with Crippen LogP contribution >= 0.6 is 0 Å². The van der Waals surface area contributed by atoms with Gasteiger partial charge >= 0.3 is 0 Å². The molecule has 2 saturated heterocycles. The fourth-order valence-corrected chi connectivity index (χ4v) is 5.73. The number of carbonyl (C=O) groups is 2. The summed E-state index contributed by atoms with van der Waals surface area (Å²) in [5.74, 6) is -0.949. The first-order valence-corrected chi connectivity index (χ1v) is 13.6. The minimum absolute atomic E-state index is 0.133. The number of allylic oxidation sites excluding steroid dienone is 1. The monoisotopic (exact) mass is 499 g/mol. The first-order valence-electron chi connectivity index (χ1n) is 11.7. The summed E-state index contributed by atoms with van der Waals surface area (Å²) >= 11 is 0. The number of benzene rings is 1. The van der Waals surface area contributed by atoms with Crippen LogP contribution in [0.4, 0.5) is 11.4 Å². The molecule has 1 atom stereocenters. The molecule has 0 bridgehead atoms. The van der Waals surface area contributed by atoms with Crippen molar-refractivity contribution in [3.05, 3.63) is 46.2 Å². The Morgan fingerprint density at radius 3 is 2.74 bits per heavy atom. The molecular formula is C24H29N5O5S. The molecular weight excluding hydrogens is 470 g/mol. The smallest absolute Gasteiger partial charge is 0.253 e. The van der Waals surface area contributed by atoms with Gasteiger partial charge < -0.3 is 15.4 Å². The number of amides is 2. The second-order valence-electron chi connectivity index (χ2n) is 9.24. The van der Waals surface area contributed by atoms with E-state index >= 15 is 0 Å². The standard InChI is InChI=1S/C24H29N5O5S/c1-14-20-19(5-7-25-23(20)30)26-22(14)16(6-8-29-9-11-34-12-10-29)21-17-13-15(28-35(2,32)33)3-4-18(17)27-24(21)31/h3-4,13,21,28H,5-12H2,1-2H3,(H,25,30)(H,27,31). The van der Waals surface area contributed by atoms with Crippen molar-refractivity contribution < 1.29 is 22.7 Å². The average Bonchev–Trinajstić information content (AvgIpc) is 3.31. The molecule has 4 aliphatic heterocycles. The van der Waals surface area contributed by atoms with E-state index in [1.165, 1.54) is 0 Å². The number of nitrogens with zero attached hydrogens (tertiary/aromatic N) is 2. The summed E-state index contributed by atoms with van der Waals surface area (Å²) in [6.45, 7) is 6.12. The summed E-state index contributed by atoms with van der Waals surface area (Å²) in [5, 5.41) is 5.82. The number of sulfonamides is 1. The van der Waals surface area contributed by atoms with Crippen molar-refractivity contribution in [3.63, 3.8) is 0 Å². The van der Waals surface area contributed by atoms with Gasteiger partial charge in [-0.1, -0.05) is 0 Å². The lowest BCUT2D eigenvalue weighted by atomic mass is 9.86. The fraction of sp³-hybridized carbons (Fsp3) is 0.458. The Hall–Kier alpha value is -3.02. The predicted molar refractivity (Wildman–Crippen MR) is 133 cm³/mol. The van der Waals surface area contributed by atoms with Gasteiger partial charge in [0.05, 0.1) is 42.4 Å². The van der Waals surface area contributed by atoms with Gasteiger partial charge in [-0.2, -0.15) is 0 Å². The molecule has 2 amide bonds. The Morgan fingerprint density at radius 2 is 2.03 bits per heavy atom. The number of rotatable bonds is 6. The van der Waals surface area contributed by atoms with Crippen molar-refractivity contribution in [2.45, 2.75) is 25.7 Å². The average molecular weight is 500 g/mol. The van der Waals surface area contributed by atoms with Crippen LogP contribution in [0.2, 0.25) is 0 Å². The van der Waals surface area contributed by atoms with Crippen LogP contribution in [-0.4, -0.2) is 76.5 Å². The summed E-state index contributed by atoms with van der Waals surface area (Å²) in [6.07, 6.45) is 2.32. The first-order chi connectivity index (χ1) is 16.7. The summed E-state index contributed by atoms with van der Waals surface area (Å²) in [6, 6.07) is 5.05. The van der Waals surface area contributed by atoms with Gasteiger partial charge in [0.15, 0.2) is 0 Å². The first kappa shape index (κ1) is 23.7. The number of nitrogens with one attached hydrogen (secondary N) is 3. The van der Waals surface area contributed by atoms with Crippen molar-refractivity contribution in [2.24, 2.45) is 4.99 Å². The van der Waals surface area contributed by atoms with E-state index < -0.39 is 15.9 Å². The van der Waals surface area contributed by atoms with Crippen molar-refractivity contribution in [3.8, 4) is 0 Å². The van der Waals surface area contributed by atoms with Gasteiger partial charge in [-0.05, 0) is 48.3 Å². The zero-order valence-electron chi connectivity index (χ0n) is 19.8. The lowest BCUT2D eigenvalue weighted by Gasteiger charge is -2.28. The van der Waals surface area contributed by atoms with Crippen LogP contribution in [0.5, 0.6) is 0 Å². The van der Waals surface area contributed by atoms with Gasteiger partial charge in [0.25, 0.3) is 5.91 Å². The molecule has 4 heterocycles. The number of aliphatic imine (C=N–C) groups is 1. The predicted octanol–water partition coefficient (Wildman–Crippen LogP) is 1.36. The van der Waals surface area contributed by atoms with Gasteiger partial charge in [0.1, 0.15) is 0 Å². The maximum atomic E-state index is 13.3. The lowest BCUT2D eigenvalue weighted by Crippen LogP contribution is -2.37. The maximum absolute atomic E-state index is 13.3. The molecule has 5 rings (SSSR count). The van der Waals surface area contributed by atoms with E-state index in [-0.39, 0.29) is 11.8 Å². The molecule has 1 aromatic rings. The van der Waals surface area contributed by atoms with E-state index in [4.69, 9.17) is 9.73 Å². The zero-order chi connectivity index (χ0) is 24.7. The number of morpholine rings is 1. The minimum atomic E-state index is -3.48. The summed E-state index contributed by atoms with van der Waals surface area (Å²) in [4.78, 5) is 33.0. The third-order valence-corrected chi connectivity index (χ3v) is 7.39. The molecule has 4 aliphatic rings. The van der Waals surface area contributed by atoms with E-state index in [0.717, 1.165) is 42.7 Å². The van der Waals surface area contributed by atoms with Crippen molar-refractivity contribution in [1.82, 2.24) is 10.2 Å². The molecule has 11 heteroatoms. The number of fused-ring (bicyclic) bond motifs is 2. The third-order valence-electron chi connectivity index (χ3n) is 6.78. The number of carbonyl (C=O) groups excluding carboxylic acids is 2. The molecule has 186 valence electrons. The van der Waals surface area contributed by atoms with Crippen LogP contribution in [0.3, 0.4) is 0 Å². The highest BCUT2D eigenvalue weighted by atomic mass is 32.2. The largest absolute Gasteiger partial charge is 0.379 e. The quantitative estimate of drug-likeness (QED) is 0.542. The van der Waals surface area contributed by atoms with Gasteiger partial charge in [-0.25, -0.2) is 8.42 Å². The third kappa shape index (κ3) is 4.75. The van der Waals surface area contributed by atoms with Crippen LogP contribution in [0.15, 0.2) is 45.6 Å². The number of ether oxygens (including phenoxy) is 1. The van der Waals surface area contributed by atoms with Gasteiger partial charge in [0.2, 0.25) is 15.9 Å². The van der Waals surface area contributed by atoms with E-state index in [0.29, 0.717) is 60.8 Å². The molecule has 0 saturated carbocycles. The van der Waals surface area contributed by atoms with Gasteiger partial charge in [0, 0.05) is 44.0 Å². The zero-order valence-corrected chi connectivity index (χ0v) is 20.6. The molecule has 1 unspecified atom stereocenters. The molecule has 1 aromatic carbocycles. The highest BCUT2D eigenvalue weighted by molar-refractivity contribution is 7.92. The van der Waals surface area contributed by atoms with Crippen LogP contribution in [0, 0.1) is 0 Å². The number of anilines is 2. The molecule has 35 heavy (non-hydrogen) atoms. The van der Waals surface area contributed by atoms with Crippen LogP contribution in [-0.2, 0) is 24.3 Å². The van der Waals surface area contributed by atoms with Crippen LogP contribution in [0.25, 0.3) is 0 Å². The highest BCUT2D eigenvalue weighted by Crippen LogP contribution is 2.44. The van der Waals surface area contributed by atoms with Crippen molar-refractivity contribution in [1.29, 1.82) is 0 Å². The lowest BCUT2D eigenvalue weighted by molar-refractivity contribution is -0.117. The summed E-state index contributed by atoms with van der Waals surface area (Å²) < 4.78 is 31.6. The second kappa shape index (κ2) is 9.21. The Balaban J connectivity index is 1.59. The van der Waals surface area contributed by atoms with Crippen LogP contribution < -0.4 is 15.4 Å². The summed E-state index contributed by atoms with van der Waals surface area (Å²) in [5.41, 5.74) is 5.41. The molecule has 0 spiro atoms. The Labute approximate surface area is 204 Å². The normalized spacial score (nSPS) is 23.9. The van der Waals surface area contributed by atoms with E-state index in [2.05, 4.69) is 20.3 Å². The fourth-order valence-electron chi connectivity index (χ4n) is 5.18. The molecule has 0 radical (unpaired) electrons. The Kier molecular flexibility index (Phi) is 6.24. The molecule has 0 aliphatic carbocycles. The Bertz CT molecular complexity index is 1290. The van der Waals surface area contributed by atoms with E-state index in [1.54, 1.807) is 18.2 Å². The Morgan fingerprint density at radius 1 is 1.26 bits per heavy atom. The van der Waals surface area contributed by atoms with E-state index in [1.807, 2.05) is 6.92 Å². The maximum Gasteiger partial charge on any atom is 0.253 e. The molecule has 0 aromatic heterocycles. The number of hydrogen-bond acceptors (Lipinski definition) is 7. The van der Waals surface area contributed by atoms with Gasteiger partial charge in [-0.3, -0.25) is 24.2 Å². The SMILES string of the molecule is CC1=C2C(=O)NCCC2=NC1=C(CCN1CCOCC1)C1C(=O)Nc2ccc(NS(C)(=O)=O)cc21. The minimum Gasteiger partial charge on any atom is -0.379 e. The molecule has 3 N–H and O–H groups in total. The number of hydrogen-bond donors (Lipinski definition) is 3. The second-order valence-corrected chi connectivity index (χ2v) is 11.0.